The minimum absolute atomic E-state index is 0.285. The molecule has 0 aliphatic carbocycles. The summed E-state index contributed by atoms with van der Waals surface area (Å²) in [6, 6.07) is 10.2. The molecule has 1 atom stereocenters. The summed E-state index contributed by atoms with van der Waals surface area (Å²) >= 11 is 0. The zero-order valence-corrected chi connectivity index (χ0v) is 13.9. The van der Waals surface area contributed by atoms with Crippen molar-refractivity contribution in [1.29, 1.82) is 0 Å². The van der Waals surface area contributed by atoms with E-state index in [1.165, 1.54) is 31.4 Å². The van der Waals surface area contributed by atoms with Crippen molar-refractivity contribution in [1.82, 2.24) is 5.32 Å². The highest BCUT2D eigenvalue weighted by Crippen LogP contribution is 2.28. The molecule has 6 nitrogen and oxygen atoms in total. The number of amides is 2. The number of nitrogens with one attached hydrogen (secondary N) is 1. The first-order valence-corrected chi connectivity index (χ1v) is 7.56. The number of benzene rings is 2. The Hall–Kier alpha value is -3.09. The van der Waals surface area contributed by atoms with Crippen LogP contribution in [0.5, 0.6) is 11.5 Å². The smallest absolute Gasteiger partial charge is 0.255 e. The van der Waals surface area contributed by atoms with Crippen molar-refractivity contribution < 1.29 is 23.5 Å². The predicted octanol–water partition coefficient (Wildman–Crippen LogP) is 2.19. The third-order valence-corrected chi connectivity index (χ3v) is 3.52. The number of ether oxygens (including phenoxy) is 2. The molecule has 0 radical (unpaired) electrons. The van der Waals surface area contributed by atoms with E-state index in [9.17, 15) is 14.0 Å². The summed E-state index contributed by atoms with van der Waals surface area (Å²) in [4.78, 5) is 23.2. The van der Waals surface area contributed by atoms with E-state index in [0.29, 0.717) is 16.9 Å². The van der Waals surface area contributed by atoms with Crippen LogP contribution >= 0.6 is 0 Å². The summed E-state index contributed by atoms with van der Waals surface area (Å²) in [6.45, 7) is 1.39. The van der Waals surface area contributed by atoms with Crippen LogP contribution in [0.3, 0.4) is 0 Å². The molecule has 0 bridgehead atoms. The number of hydrogen-bond acceptors (Lipinski definition) is 4. The average molecular weight is 346 g/mol. The zero-order valence-electron chi connectivity index (χ0n) is 13.9. The Bertz CT molecular complexity index is 779. The standard InChI is InChI=1S/C18H19FN2O4/c1-11(13-5-3-4-6-14(13)19)21-18(23)12-7-8-15(16(9-12)24-2)25-10-17(20)22/h3-9,11H,10H2,1-2H3,(H2,20,22)(H,21,23)/t11-/m0/s1. The summed E-state index contributed by atoms with van der Waals surface area (Å²) < 4.78 is 24.2. The van der Waals surface area contributed by atoms with Crippen LogP contribution in [0.4, 0.5) is 4.39 Å². The molecule has 7 heteroatoms. The Morgan fingerprint density at radius 1 is 1.20 bits per heavy atom. The third-order valence-electron chi connectivity index (χ3n) is 3.52. The largest absolute Gasteiger partial charge is 0.493 e. The molecular formula is C18H19FN2O4. The molecule has 0 spiro atoms. The van der Waals surface area contributed by atoms with E-state index in [1.54, 1.807) is 25.1 Å². The normalized spacial score (nSPS) is 11.5. The molecule has 0 saturated heterocycles. The first-order valence-electron chi connectivity index (χ1n) is 7.56. The molecule has 0 heterocycles. The lowest BCUT2D eigenvalue weighted by atomic mass is 10.1. The van der Waals surface area contributed by atoms with E-state index in [2.05, 4.69) is 5.32 Å². The van der Waals surface area contributed by atoms with Gasteiger partial charge in [0.25, 0.3) is 11.8 Å². The summed E-state index contributed by atoms with van der Waals surface area (Å²) in [5.41, 5.74) is 5.74. The van der Waals surface area contributed by atoms with E-state index in [-0.39, 0.29) is 18.2 Å². The van der Waals surface area contributed by atoms with Gasteiger partial charge in [-0.05, 0) is 31.2 Å². The van der Waals surface area contributed by atoms with Gasteiger partial charge in [0, 0.05) is 11.1 Å². The lowest BCUT2D eigenvalue weighted by Gasteiger charge is -2.16. The van der Waals surface area contributed by atoms with Gasteiger partial charge in [-0.25, -0.2) is 4.39 Å². The van der Waals surface area contributed by atoms with Crippen LogP contribution < -0.4 is 20.5 Å². The topological polar surface area (TPSA) is 90.7 Å². The number of carbonyl (C=O) groups excluding carboxylic acids is 2. The molecule has 0 aliphatic rings. The van der Waals surface area contributed by atoms with Gasteiger partial charge in [0.1, 0.15) is 5.82 Å². The monoisotopic (exact) mass is 346 g/mol. The Balaban J connectivity index is 2.13. The molecule has 0 fully saturated rings. The maximum atomic E-state index is 13.8. The predicted molar refractivity (Wildman–Crippen MR) is 90.0 cm³/mol. The van der Waals surface area contributed by atoms with Gasteiger partial charge in [-0.1, -0.05) is 18.2 Å². The molecule has 2 aromatic rings. The fourth-order valence-corrected chi connectivity index (χ4v) is 2.26. The highest BCUT2D eigenvalue weighted by atomic mass is 19.1. The quantitative estimate of drug-likeness (QED) is 0.804. The number of halogens is 1. The van der Waals surface area contributed by atoms with Gasteiger partial charge in [0.2, 0.25) is 0 Å². The number of nitrogens with two attached hydrogens (primary N) is 1. The highest BCUT2D eigenvalue weighted by molar-refractivity contribution is 5.95. The van der Waals surface area contributed by atoms with Crippen LogP contribution in [0, 0.1) is 5.82 Å². The van der Waals surface area contributed by atoms with Crippen molar-refractivity contribution in [3.63, 3.8) is 0 Å². The van der Waals surface area contributed by atoms with Crippen LogP contribution in [0.25, 0.3) is 0 Å². The van der Waals surface area contributed by atoms with Crippen LogP contribution in [0.15, 0.2) is 42.5 Å². The van der Waals surface area contributed by atoms with Crippen LogP contribution in [0.1, 0.15) is 28.9 Å². The van der Waals surface area contributed by atoms with E-state index in [4.69, 9.17) is 15.2 Å². The summed E-state index contributed by atoms with van der Waals surface area (Å²) in [5.74, 6) is -0.825. The minimum Gasteiger partial charge on any atom is -0.493 e. The number of primary amides is 1. The second-order valence-electron chi connectivity index (χ2n) is 5.34. The van der Waals surface area contributed by atoms with Crippen molar-refractivity contribution in [2.45, 2.75) is 13.0 Å². The zero-order chi connectivity index (χ0) is 18.4. The fraction of sp³-hybridized carbons (Fsp3) is 0.222. The summed E-state index contributed by atoms with van der Waals surface area (Å²) in [7, 11) is 1.41. The highest BCUT2D eigenvalue weighted by Gasteiger charge is 2.16. The molecule has 0 aliphatic heterocycles. The molecule has 25 heavy (non-hydrogen) atoms. The first-order chi connectivity index (χ1) is 11.9. The summed E-state index contributed by atoms with van der Waals surface area (Å²) in [5, 5.41) is 2.72. The lowest BCUT2D eigenvalue weighted by Crippen LogP contribution is -2.27. The van der Waals surface area contributed by atoms with Crippen molar-refractivity contribution in [2.75, 3.05) is 13.7 Å². The Kier molecular flexibility index (Phi) is 5.94. The van der Waals surface area contributed by atoms with Crippen LogP contribution in [-0.2, 0) is 4.79 Å². The second-order valence-corrected chi connectivity index (χ2v) is 5.34. The van der Waals surface area contributed by atoms with E-state index >= 15 is 0 Å². The molecule has 3 N–H and O–H groups in total. The van der Waals surface area contributed by atoms with E-state index in [0.717, 1.165) is 0 Å². The van der Waals surface area contributed by atoms with Crippen LogP contribution in [-0.4, -0.2) is 25.5 Å². The molecule has 0 unspecified atom stereocenters. The molecule has 2 rings (SSSR count). The van der Waals surface area contributed by atoms with Gasteiger partial charge < -0.3 is 20.5 Å². The maximum Gasteiger partial charge on any atom is 0.255 e. The van der Waals surface area contributed by atoms with Crippen molar-refractivity contribution in [2.24, 2.45) is 5.73 Å². The maximum absolute atomic E-state index is 13.8. The molecule has 2 aromatic carbocycles. The minimum atomic E-state index is -0.623. The molecule has 2 amide bonds. The van der Waals surface area contributed by atoms with E-state index in [1.807, 2.05) is 0 Å². The van der Waals surface area contributed by atoms with Gasteiger partial charge in [0.15, 0.2) is 18.1 Å². The Labute approximate surface area is 144 Å². The number of carbonyl (C=O) groups is 2. The van der Waals surface area contributed by atoms with E-state index < -0.39 is 17.9 Å². The van der Waals surface area contributed by atoms with Gasteiger partial charge in [0.05, 0.1) is 13.2 Å². The summed E-state index contributed by atoms with van der Waals surface area (Å²) in [6.07, 6.45) is 0. The lowest BCUT2D eigenvalue weighted by molar-refractivity contribution is -0.119. The van der Waals surface area contributed by atoms with Crippen LogP contribution in [0.2, 0.25) is 0 Å². The molecule has 0 saturated carbocycles. The fourth-order valence-electron chi connectivity index (χ4n) is 2.26. The van der Waals surface area contributed by atoms with Crippen molar-refractivity contribution in [3.05, 3.63) is 59.4 Å². The van der Waals surface area contributed by atoms with Gasteiger partial charge in [-0.15, -0.1) is 0 Å². The Morgan fingerprint density at radius 3 is 2.56 bits per heavy atom. The third kappa shape index (κ3) is 4.69. The average Bonchev–Trinajstić information content (AvgIpc) is 2.59. The second kappa shape index (κ2) is 8.14. The SMILES string of the molecule is COc1cc(C(=O)N[C@@H](C)c2ccccc2F)ccc1OCC(N)=O. The van der Waals surface area contributed by atoms with Gasteiger partial charge in [-0.2, -0.15) is 0 Å². The van der Waals surface area contributed by atoms with Crippen molar-refractivity contribution in [3.8, 4) is 11.5 Å². The van der Waals surface area contributed by atoms with Gasteiger partial charge in [-0.3, -0.25) is 9.59 Å². The number of methoxy groups -OCH3 is 1. The molecule has 0 aromatic heterocycles. The number of hydrogen-bond donors (Lipinski definition) is 2. The van der Waals surface area contributed by atoms with Crippen molar-refractivity contribution >= 4 is 11.8 Å². The first kappa shape index (κ1) is 18.3. The molecule has 132 valence electrons. The van der Waals surface area contributed by atoms with Gasteiger partial charge >= 0.3 is 0 Å². The Morgan fingerprint density at radius 2 is 1.92 bits per heavy atom. The number of rotatable bonds is 7. The molecular weight excluding hydrogens is 327 g/mol.